The van der Waals surface area contributed by atoms with Crippen molar-refractivity contribution >= 4 is 5.97 Å². The fourth-order valence-corrected chi connectivity index (χ4v) is 1.25. The molecule has 0 aromatic heterocycles. The molecule has 1 aliphatic carbocycles. The molecule has 2 nitrogen and oxygen atoms in total. The van der Waals surface area contributed by atoms with Gasteiger partial charge in [0.05, 0.1) is 0 Å². The van der Waals surface area contributed by atoms with E-state index in [1.807, 2.05) is 13.0 Å². The molecule has 0 unspecified atom stereocenters. The lowest BCUT2D eigenvalue weighted by molar-refractivity contribution is -0.131. The largest absolute Gasteiger partial charge is 0.478 e. The Kier molecular flexibility index (Phi) is 2.69. The predicted octanol–water partition coefficient (Wildman–Crippen LogP) is 2.37. The average Bonchev–Trinajstić information content (AvgIpc) is 2.63. The van der Waals surface area contributed by atoms with Gasteiger partial charge in [-0.2, -0.15) is 0 Å². The lowest BCUT2D eigenvalue weighted by Gasteiger charge is -1.96. The maximum atomic E-state index is 10.3. The quantitative estimate of drug-likeness (QED) is 0.516. The van der Waals surface area contributed by atoms with Crippen LogP contribution in [0.1, 0.15) is 26.7 Å². The third-order valence-corrected chi connectivity index (χ3v) is 2.03. The summed E-state index contributed by atoms with van der Waals surface area (Å²) in [6, 6.07) is 0. The van der Waals surface area contributed by atoms with Crippen LogP contribution in [0.3, 0.4) is 0 Å². The molecule has 12 heavy (non-hydrogen) atoms. The van der Waals surface area contributed by atoms with Crippen molar-refractivity contribution in [3.05, 3.63) is 23.3 Å². The Hall–Kier alpha value is -1.05. The second-order valence-electron chi connectivity index (χ2n) is 3.39. The number of carboxylic acid groups (broad SMARTS) is 1. The van der Waals surface area contributed by atoms with E-state index in [4.69, 9.17) is 5.11 Å². The summed E-state index contributed by atoms with van der Waals surface area (Å²) in [6.07, 6.45) is 5.74. The van der Waals surface area contributed by atoms with Crippen molar-refractivity contribution in [2.24, 2.45) is 5.92 Å². The fraction of sp³-hybridized carbons (Fsp3) is 0.500. The van der Waals surface area contributed by atoms with Crippen LogP contribution < -0.4 is 0 Å². The summed E-state index contributed by atoms with van der Waals surface area (Å²) in [7, 11) is 0. The van der Waals surface area contributed by atoms with Crippen molar-refractivity contribution in [3.8, 4) is 0 Å². The van der Waals surface area contributed by atoms with Gasteiger partial charge in [-0.15, -0.1) is 0 Å². The second-order valence-corrected chi connectivity index (χ2v) is 3.39. The second kappa shape index (κ2) is 3.57. The highest BCUT2D eigenvalue weighted by molar-refractivity contribution is 5.81. The predicted molar refractivity (Wildman–Crippen MR) is 47.9 cm³/mol. The average molecular weight is 166 g/mol. The Morgan fingerprint density at radius 2 is 1.92 bits per heavy atom. The molecule has 0 amide bonds. The van der Waals surface area contributed by atoms with Gasteiger partial charge in [0, 0.05) is 6.08 Å². The summed E-state index contributed by atoms with van der Waals surface area (Å²) in [5.74, 6) is -0.144. The molecule has 1 fully saturated rings. The highest BCUT2D eigenvalue weighted by Crippen LogP contribution is 2.36. The first-order chi connectivity index (χ1) is 5.59. The minimum atomic E-state index is -0.868. The Morgan fingerprint density at radius 3 is 2.33 bits per heavy atom. The fourth-order valence-electron chi connectivity index (χ4n) is 1.25. The summed E-state index contributed by atoms with van der Waals surface area (Å²) >= 11 is 0. The number of hydrogen-bond donors (Lipinski definition) is 1. The first kappa shape index (κ1) is 9.04. The van der Waals surface area contributed by atoms with Gasteiger partial charge < -0.3 is 5.11 Å². The summed E-state index contributed by atoms with van der Waals surface area (Å²) in [5, 5.41) is 8.45. The van der Waals surface area contributed by atoms with Crippen molar-refractivity contribution in [2.45, 2.75) is 26.7 Å². The van der Waals surface area contributed by atoms with Crippen LogP contribution in [-0.4, -0.2) is 11.1 Å². The van der Waals surface area contributed by atoms with Crippen molar-refractivity contribution in [1.29, 1.82) is 0 Å². The Bertz CT molecular complexity index is 245. The van der Waals surface area contributed by atoms with Gasteiger partial charge in [-0.1, -0.05) is 11.6 Å². The lowest BCUT2D eigenvalue weighted by atomic mass is 10.1. The molecule has 1 aliphatic rings. The number of carboxylic acids is 1. The minimum absolute atomic E-state index is 0.724. The zero-order valence-corrected chi connectivity index (χ0v) is 7.50. The monoisotopic (exact) mass is 166 g/mol. The number of carbonyl (C=O) groups is 1. The molecular weight excluding hydrogens is 152 g/mol. The van der Waals surface area contributed by atoms with Crippen LogP contribution in [0, 0.1) is 5.92 Å². The summed E-state index contributed by atoms with van der Waals surface area (Å²) in [4.78, 5) is 10.3. The zero-order valence-electron chi connectivity index (χ0n) is 7.50. The molecule has 0 aromatic carbocycles. The Labute approximate surface area is 72.6 Å². The maximum Gasteiger partial charge on any atom is 0.328 e. The third kappa shape index (κ3) is 2.91. The van der Waals surface area contributed by atoms with E-state index in [-0.39, 0.29) is 0 Å². The zero-order chi connectivity index (χ0) is 9.14. The molecule has 1 rings (SSSR count). The molecule has 66 valence electrons. The smallest absolute Gasteiger partial charge is 0.328 e. The molecule has 2 heteroatoms. The third-order valence-electron chi connectivity index (χ3n) is 2.03. The summed E-state index contributed by atoms with van der Waals surface area (Å²) in [5.41, 5.74) is 2.14. The lowest BCUT2D eigenvalue weighted by Crippen LogP contribution is -1.89. The molecular formula is C10H14O2. The van der Waals surface area contributed by atoms with Gasteiger partial charge in [-0.25, -0.2) is 4.79 Å². The van der Waals surface area contributed by atoms with E-state index >= 15 is 0 Å². The molecule has 0 radical (unpaired) electrons. The van der Waals surface area contributed by atoms with Crippen molar-refractivity contribution < 1.29 is 9.90 Å². The van der Waals surface area contributed by atoms with E-state index in [2.05, 4.69) is 6.92 Å². The van der Waals surface area contributed by atoms with Gasteiger partial charge in [0.25, 0.3) is 0 Å². The summed E-state index contributed by atoms with van der Waals surface area (Å²) in [6.45, 7) is 3.89. The van der Waals surface area contributed by atoms with Gasteiger partial charge >= 0.3 is 5.97 Å². The Morgan fingerprint density at radius 1 is 1.33 bits per heavy atom. The molecule has 0 aromatic rings. The van der Waals surface area contributed by atoms with E-state index < -0.39 is 5.97 Å². The Balaban J connectivity index is 2.58. The van der Waals surface area contributed by atoms with E-state index in [1.165, 1.54) is 24.5 Å². The molecule has 0 heterocycles. The SMILES string of the molecule is CC(=C/C(=O)O)/C=C(\C)C1CC1. The van der Waals surface area contributed by atoms with Gasteiger partial charge in [-0.05, 0) is 38.2 Å². The first-order valence-corrected chi connectivity index (χ1v) is 4.19. The molecule has 1 saturated carbocycles. The first-order valence-electron chi connectivity index (χ1n) is 4.19. The number of aliphatic carboxylic acids is 1. The molecule has 1 N–H and O–H groups in total. The minimum Gasteiger partial charge on any atom is -0.478 e. The topological polar surface area (TPSA) is 37.3 Å². The van der Waals surface area contributed by atoms with Gasteiger partial charge in [0.15, 0.2) is 0 Å². The van der Waals surface area contributed by atoms with Crippen LogP contribution in [-0.2, 0) is 4.79 Å². The number of allylic oxidation sites excluding steroid dienone is 3. The van der Waals surface area contributed by atoms with Crippen molar-refractivity contribution in [3.63, 3.8) is 0 Å². The van der Waals surface area contributed by atoms with E-state index in [0.717, 1.165) is 11.5 Å². The molecule has 0 bridgehead atoms. The maximum absolute atomic E-state index is 10.3. The van der Waals surface area contributed by atoms with E-state index in [0.29, 0.717) is 0 Å². The van der Waals surface area contributed by atoms with E-state index in [1.54, 1.807) is 0 Å². The summed E-state index contributed by atoms with van der Waals surface area (Å²) < 4.78 is 0. The van der Waals surface area contributed by atoms with Crippen molar-refractivity contribution in [2.75, 3.05) is 0 Å². The normalized spacial score (nSPS) is 19.5. The van der Waals surface area contributed by atoms with Crippen LogP contribution in [0.4, 0.5) is 0 Å². The highest BCUT2D eigenvalue weighted by atomic mass is 16.4. The molecule has 0 saturated heterocycles. The highest BCUT2D eigenvalue weighted by Gasteiger charge is 2.22. The molecule has 0 spiro atoms. The van der Waals surface area contributed by atoms with Crippen LogP contribution in [0.25, 0.3) is 0 Å². The van der Waals surface area contributed by atoms with Crippen LogP contribution in [0.15, 0.2) is 23.3 Å². The number of rotatable bonds is 3. The van der Waals surface area contributed by atoms with Crippen LogP contribution >= 0.6 is 0 Å². The van der Waals surface area contributed by atoms with Gasteiger partial charge in [0.2, 0.25) is 0 Å². The van der Waals surface area contributed by atoms with Gasteiger partial charge in [0.1, 0.15) is 0 Å². The standard InChI is InChI=1S/C10H14O2/c1-7(6-10(11)12)5-8(2)9-3-4-9/h5-6,9H,3-4H2,1-2H3,(H,11,12)/b7-6-,8-5+. The van der Waals surface area contributed by atoms with Gasteiger partial charge in [-0.3, -0.25) is 0 Å². The molecule has 0 atom stereocenters. The number of hydrogen-bond acceptors (Lipinski definition) is 1. The van der Waals surface area contributed by atoms with Crippen LogP contribution in [0.5, 0.6) is 0 Å². The van der Waals surface area contributed by atoms with E-state index in [9.17, 15) is 4.79 Å². The molecule has 0 aliphatic heterocycles. The van der Waals surface area contributed by atoms with Crippen LogP contribution in [0.2, 0.25) is 0 Å². The van der Waals surface area contributed by atoms with Crippen molar-refractivity contribution in [1.82, 2.24) is 0 Å².